The molecule has 0 unspecified atom stereocenters. The van der Waals surface area contributed by atoms with Crippen LogP contribution in [0.25, 0.3) is 0 Å². The number of methoxy groups -OCH3 is 1. The first-order chi connectivity index (χ1) is 5.15. The predicted octanol–water partition coefficient (Wildman–Crippen LogP) is 0.352. The Morgan fingerprint density at radius 1 is 1.73 bits per heavy atom. The summed E-state index contributed by atoms with van der Waals surface area (Å²) in [7, 11) is 1.26. The van der Waals surface area contributed by atoms with Crippen molar-refractivity contribution in [1.29, 1.82) is 0 Å². The van der Waals surface area contributed by atoms with Crippen LogP contribution in [0.4, 0.5) is 6.01 Å². The number of nitrogen functional groups attached to an aromatic ring is 1. The highest BCUT2D eigenvalue weighted by atomic mass is 16.5. The number of aryl methyl sites for hydroxylation is 1. The molecule has 0 spiro atoms. The van der Waals surface area contributed by atoms with Crippen molar-refractivity contribution in [2.75, 3.05) is 12.8 Å². The Hall–Kier alpha value is -1.52. The molecule has 0 saturated carbocycles. The second-order valence-electron chi connectivity index (χ2n) is 1.96. The molecule has 0 amide bonds. The first-order valence-electron chi connectivity index (χ1n) is 2.96. The predicted molar refractivity (Wildman–Crippen MR) is 37.0 cm³/mol. The molecule has 1 heterocycles. The molecule has 0 radical (unpaired) electrons. The molecule has 0 atom stereocenters. The molecular weight excluding hydrogens is 148 g/mol. The Balaban J connectivity index is 3.03. The molecule has 0 saturated heterocycles. The van der Waals surface area contributed by atoms with Crippen molar-refractivity contribution in [2.24, 2.45) is 0 Å². The van der Waals surface area contributed by atoms with Crippen LogP contribution in [0.3, 0.4) is 0 Å². The summed E-state index contributed by atoms with van der Waals surface area (Å²) in [6.45, 7) is 1.62. The molecule has 0 aliphatic rings. The maximum Gasteiger partial charge on any atom is 0.376 e. The monoisotopic (exact) mass is 156 g/mol. The fraction of sp³-hybridized carbons (Fsp3) is 0.333. The van der Waals surface area contributed by atoms with Crippen LogP contribution in [0.2, 0.25) is 0 Å². The topological polar surface area (TPSA) is 78.3 Å². The minimum absolute atomic E-state index is 0.0251. The summed E-state index contributed by atoms with van der Waals surface area (Å²) in [6.07, 6.45) is 0. The Labute approximate surface area is 63.2 Å². The molecule has 0 bridgehead atoms. The normalized spacial score (nSPS) is 9.64. The van der Waals surface area contributed by atoms with Gasteiger partial charge >= 0.3 is 5.97 Å². The van der Waals surface area contributed by atoms with Gasteiger partial charge in [0, 0.05) is 0 Å². The third-order valence-corrected chi connectivity index (χ3v) is 1.18. The minimum Gasteiger partial charge on any atom is -0.463 e. The van der Waals surface area contributed by atoms with Crippen LogP contribution < -0.4 is 5.73 Å². The number of esters is 1. The lowest BCUT2D eigenvalue weighted by Gasteiger charge is -1.92. The Kier molecular flexibility index (Phi) is 1.80. The molecule has 11 heavy (non-hydrogen) atoms. The van der Waals surface area contributed by atoms with E-state index in [4.69, 9.17) is 10.2 Å². The zero-order chi connectivity index (χ0) is 8.43. The number of hydrogen-bond acceptors (Lipinski definition) is 5. The smallest absolute Gasteiger partial charge is 0.376 e. The van der Waals surface area contributed by atoms with E-state index in [1.165, 1.54) is 7.11 Å². The summed E-state index contributed by atoms with van der Waals surface area (Å²) in [5.41, 5.74) is 5.63. The highest BCUT2D eigenvalue weighted by Crippen LogP contribution is 2.11. The first kappa shape index (κ1) is 7.59. The van der Waals surface area contributed by atoms with Crippen LogP contribution in [0, 0.1) is 6.92 Å². The quantitative estimate of drug-likeness (QED) is 0.593. The molecule has 5 nitrogen and oxygen atoms in total. The van der Waals surface area contributed by atoms with Gasteiger partial charge in [-0.3, -0.25) is 0 Å². The number of carbonyl (C=O) groups is 1. The number of nitrogens with two attached hydrogens (primary N) is 1. The van der Waals surface area contributed by atoms with Gasteiger partial charge in [-0.1, -0.05) is 0 Å². The zero-order valence-electron chi connectivity index (χ0n) is 6.25. The lowest BCUT2D eigenvalue weighted by Crippen LogP contribution is -2.00. The average Bonchev–Trinajstić information content (AvgIpc) is 2.28. The number of nitrogens with zero attached hydrogens (tertiary/aromatic N) is 1. The van der Waals surface area contributed by atoms with Gasteiger partial charge in [0.15, 0.2) is 0 Å². The van der Waals surface area contributed by atoms with Crippen LogP contribution in [0.15, 0.2) is 4.42 Å². The standard InChI is InChI=1S/C6H8N2O3/c1-3-4(5(9)10-2)11-6(7)8-3/h1-2H3,(H2,7,8). The highest BCUT2D eigenvalue weighted by molar-refractivity contribution is 5.87. The summed E-state index contributed by atoms with van der Waals surface area (Å²) >= 11 is 0. The number of ether oxygens (including phenoxy) is 1. The molecular formula is C6H8N2O3. The number of hydrogen-bond donors (Lipinski definition) is 1. The molecule has 1 aromatic heterocycles. The van der Waals surface area contributed by atoms with E-state index in [2.05, 4.69) is 9.72 Å². The largest absolute Gasteiger partial charge is 0.463 e. The van der Waals surface area contributed by atoms with Crippen LogP contribution in [0.1, 0.15) is 16.2 Å². The molecule has 2 N–H and O–H groups in total. The van der Waals surface area contributed by atoms with Gasteiger partial charge in [0.05, 0.1) is 12.8 Å². The molecule has 0 aliphatic heterocycles. The van der Waals surface area contributed by atoms with Gasteiger partial charge in [0.2, 0.25) is 5.76 Å². The fourth-order valence-corrected chi connectivity index (χ4v) is 0.699. The van der Waals surface area contributed by atoms with E-state index < -0.39 is 5.97 Å². The highest BCUT2D eigenvalue weighted by Gasteiger charge is 2.15. The summed E-state index contributed by atoms with van der Waals surface area (Å²) < 4.78 is 9.16. The minimum atomic E-state index is -0.563. The maximum absolute atomic E-state index is 10.8. The molecule has 0 aliphatic carbocycles. The van der Waals surface area contributed by atoms with Gasteiger partial charge < -0.3 is 14.9 Å². The summed E-state index contributed by atoms with van der Waals surface area (Å²) in [4.78, 5) is 14.5. The Bertz CT molecular complexity index is 279. The second kappa shape index (κ2) is 2.61. The zero-order valence-corrected chi connectivity index (χ0v) is 6.25. The van der Waals surface area contributed by atoms with Gasteiger partial charge in [-0.25, -0.2) is 4.79 Å². The summed E-state index contributed by atoms with van der Waals surface area (Å²) in [6, 6.07) is -0.0251. The number of anilines is 1. The Morgan fingerprint density at radius 3 is 2.73 bits per heavy atom. The van der Waals surface area contributed by atoms with Gasteiger partial charge in [0.25, 0.3) is 6.01 Å². The number of oxazole rings is 1. The van der Waals surface area contributed by atoms with Crippen molar-refractivity contribution < 1.29 is 13.9 Å². The fourth-order valence-electron chi connectivity index (χ4n) is 0.699. The molecule has 1 rings (SSSR count). The van der Waals surface area contributed by atoms with E-state index in [0.29, 0.717) is 5.69 Å². The van der Waals surface area contributed by atoms with E-state index in [9.17, 15) is 4.79 Å². The van der Waals surface area contributed by atoms with Crippen molar-refractivity contribution in [3.8, 4) is 0 Å². The third kappa shape index (κ3) is 1.31. The molecule has 0 fully saturated rings. The molecule has 1 aromatic rings. The lowest BCUT2D eigenvalue weighted by atomic mass is 10.4. The van der Waals surface area contributed by atoms with E-state index in [-0.39, 0.29) is 11.8 Å². The lowest BCUT2D eigenvalue weighted by molar-refractivity contribution is 0.0565. The van der Waals surface area contributed by atoms with Gasteiger partial charge in [-0.2, -0.15) is 4.98 Å². The summed E-state index contributed by atoms with van der Waals surface area (Å²) in [5.74, 6) is -0.503. The van der Waals surface area contributed by atoms with Crippen molar-refractivity contribution in [3.05, 3.63) is 11.5 Å². The van der Waals surface area contributed by atoms with Crippen molar-refractivity contribution in [2.45, 2.75) is 6.92 Å². The van der Waals surface area contributed by atoms with Crippen LogP contribution in [-0.4, -0.2) is 18.1 Å². The number of carbonyl (C=O) groups excluding carboxylic acids is 1. The third-order valence-electron chi connectivity index (χ3n) is 1.18. The molecule has 0 aromatic carbocycles. The molecule has 5 heteroatoms. The average molecular weight is 156 g/mol. The maximum atomic E-state index is 10.8. The van der Waals surface area contributed by atoms with E-state index in [1.807, 2.05) is 0 Å². The van der Waals surface area contributed by atoms with Gasteiger partial charge in [0.1, 0.15) is 0 Å². The van der Waals surface area contributed by atoms with Crippen LogP contribution >= 0.6 is 0 Å². The van der Waals surface area contributed by atoms with Gasteiger partial charge in [-0.05, 0) is 6.92 Å². The van der Waals surface area contributed by atoms with E-state index >= 15 is 0 Å². The van der Waals surface area contributed by atoms with Crippen molar-refractivity contribution >= 4 is 12.0 Å². The van der Waals surface area contributed by atoms with E-state index in [0.717, 1.165) is 0 Å². The van der Waals surface area contributed by atoms with Gasteiger partial charge in [-0.15, -0.1) is 0 Å². The summed E-state index contributed by atoms with van der Waals surface area (Å²) in [5, 5.41) is 0. The Morgan fingerprint density at radius 2 is 2.36 bits per heavy atom. The second-order valence-corrected chi connectivity index (χ2v) is 1.96. The molecule has 60 valence electrons. The number of aromatic nitrogens is 1. The SMILES string of the molecule is COC(=O)c1oc(N)nc1C. The van der Waals surface area contributed by atoms with Crippen LogP contribution in [0.5, 0.6) is 0 Å². The number of rotatable bonds is 1. The van der Waals surface area contributed by atoms with Crippen LogP contribution in [-0.2, 0) is 4.74 Å². The van der Waals surface area contributed by atoms with Crippen molar-refractivity contribution in [1.82, 2.24) is 4.98 Å². The van der Waals surface area contributed by atoms with Crippen molar-refractivity contribution in [3.63, 3.8) is 0 Å². The van der Waals surface area contributed by atoms with E-state index in [1.54, 1.807) is 6.92 Å². The first-order valence-corrected chi connectivity index (χ1v) is 2.96.